The van der Waals surface area contributed by atoms with Crippen LogP contribution in [0.2, 0.25) is 5.02 Å². The van der Waals surface area contributed by atoms with Gasteiger partial charge >= 0.3 is 0 Å². The highest BCUT2D eigenvalue weighted by atomic mass is 35.5. The summed E-state index contributed by atoms with van der Waals surface area (Å²) in [5, 5.41) is 4.34. The van der Waals surface area contributed by atoms with Gasteiger partial charge in [-0.1, -0.05) is 41.6 Å². The van der Waals surface area contributed by atoms with Gasteiger partial charge in [-0.05, 0) is 56.0 Å². The predicted octanol–water partition coefficient (Wildman–Crippen LogP) is 4.84. The topological polar surface area (TPSA) is 32.3 Å². The molecule has 0 radical (unpaired) electrons. The second kappa shape index (κ2) is 9.14. The average molecular weight is 387 g/mol. The van der Waals surface area contributed by atoms with Gasteiger partial charge in [0.25, 0.3) is 5.24 Å². The largest absolute Gasteiger partial charge is 0.343 e. The Balaban J connectivity index is 0.00000208. The SMILES string of the molecule is CC1NC(=O)SC1CCCN1CC=C(c2ccc(Cl)cc2)CC1.Cl. The van der Waals surface area contributed by atoms with Crippen molar-refractivity contribution in [3.8, 4) is 0 Å². The van der Waals surface area contributed by atoms with Crippen LogP contribution >= 0.6 is 35.8 Å². The van der Waals surface area contributed by atoms with Crippen LogP contribution in [0.4, 0.5) is 4.79 Å². The summed E-state index contributed by atoms with van der Waals surface area (Å²) >= 11 is 7.42. The highest BCUT2D eigenvalue weighted by Crippen LogP contribution is 2.28. The Kier molecular flexibility index (Phi) is 7.48. The first-order chi connectivity index (χ1) is 11.1. The Morgan fingerprint density at radius 1 is 1.33 bits per heavy atom. The van der Waals surface area contributed by atoms with Gasteiger partial charge in [-0.3, -0.25) is 9.69 Å². The van der Waals surface area contributed by atoms with Crippen molar-refractivity contribution in [1.82, 2.24) is 10.2 Å². The lowest BCUT2D eigenvalue weighted by Gasteiger charge is -2.27. The maximum Gasteiger partial charge on any atom is 0.279 e. The van der Waals surface area contributed by atoms with E-state index in [2.05, 4.69) is 35.3 Å². The molecule has 1 aromatic carbocycles. The molecule has 0 spiro atoms. The third-order valence-electron chi connectivity index (χ3n) is 4.63. The van der Waals surface area contributed by atoms with E-state index in [1.807, 2.05) is 12.1 Å². The van der Waals surface area contributed by atoms with E-state index in [4.69, 9.17) is 11.6 Å². The molecule has 132 valence electrons. The summed E-state index contributed by atoms with van der Waals surface area (Å²) in [4.78, 5) is 13.8. The van der Waals surface area contributed by atoms with Gasteiger partial charge < -0.3 is 5.32 Å². The summed E-state index contributed by atoms with van der Waals surface area (Å²) in [6, 6.07) is 8.43. The maximum atomic E-state index is 11.3. The van der Waals surface area contributed by atoms with Crippen molar-refractivity contribution >= 4 is 46.6 Å². The van der Waals surface area contributed by atoms with Gasteiger partial charge in [0.2, 0.25) is 0 Å². The molecule has 2 aliphatic rings. The summed E-state index contributed by atoms with van der Waals surface area (Å²) in [5.41, 5.74) is 2.71. The molecule has 6 heteroatoms. The second-order valence-corrected chi connectivity index (χ2v) is 7.95. The van der Waals surface area contributed by atoms with Crippen LogP contribution in [0.25, 0.3) is 5.57 Å². The Hall–Kier alpha value is -0.680. The smallest absolute Gasteiger partial charge is 0.279 e. The molecule has 1 aromatic rings. The lowest BCUT2D eigenvalue weighted by atomic mass is 9.99. The summed E-state index contributed by atoms with van der Waals surface area (Å²) in [6.45, 7) is 5.34. The number of halogens is 2. The van der Waals surface area contributed by atoms with Crippen LogP contribution in [-0.4, -0.2) is 41.1 Å². The Bertz CT molecular complexity index is 591. The molecule has 0 aromatic heterocycles. The van der Waals surface area contributed by atoms with E-state index in [9.17, 15) is 4.79 Å². The van der Waals surface area contributed by atoms with Crippen LogP contribution in [0.15, 0.2) is 30.3 Å². The number of rotatable bonds is 5. The molecule has 3 nitrogen and oxygen atoms in total. The second-order valence-electron chi connectivity index (χ2n) is 6.31. The quantitative estimate of drug-likeness (QED) is 0.784. The van der Waals surface area contributed by atoms with E-state index in [0.717, 1.165) is 43.9 Å². The van der Waals surface area contributed by atoms with Gasteiger partial charge in [-0.15, -0.1) is 12.4 Å². The molecule has 0 bridgehead atoms. The monoisotopic (exact) mass is 386 g/mol. The minimum atomic E-state index is 0. The number of thioether (sulfide) groups is 1. The van der Waals surface area contributed by atoms with Crippen molar-refractivity contribution in [2.24, 2.45) is 0 Å². The molecular formula is C18H24Cl2N2OS. The zero-order valence-corrected chi connectivity index (χ0v) is 16.2. The molecule has 0 aliphatic carbocycles. The van der Waals surface area contributed by atoms with Gasteiger partial charge in [0.1, 0.15) is 0 Å². The molecular weight excluding hydrogens is 363 g/mol. The zero-order valence-electron chi connectivity index (χ0n) is 13.8. The average Bonchev–Trinajstić information content (AvgIpc) is 2.87. The molecule has 2 heterocycles. The fourth-order valence-corrected chi connectivity index (χ4v) is 4.43. The summed E-state index contributed by atoms with van der Waals surface area (Å²) < 4.78 is 0. The normalized spacial score (nSPS) is 24.2. The lowest BCUT2D eigenvalue weighted by Crippen LogP contribution is -2.31. The highest BCUT2D eigenvalue weighted by Gasteiger charge is 2.29. The van der Waals surface area contributed by atoms with Gasteiger partial charge in [0.15, 0.2) is 0 Å². The van der Waals surface area contributed by atoms with Crippen LogP contribution in [0.3, 0.4) is 0 Å². The fraction of sp³-hybridized carbons (Fsp3) is 0.500. The Morgan fingerprint density at radius 2 is 2.08 bits per heavy atom. The van der Waals surface area contributed by atoms with Crippen molar-refractivity contribution in [2.75, 3.05) is 19.6 Å². The predicted molar refractivity (Wildman–Crippen MR) is 106 cm³/mol. The van der Waals surface area contributed by atoms with E-state index in [1.54, 1.807) is 0 Å². The highest BCUT2D eigenvalue weighted by molar-refractivity contribution is 8.14. The fourth-order valence-electron chi connectivity index (χ4n) is 3.22. The van der Waals surface area contributed by atoms with Crippen LogP contribution in [-0.2, 0) is 0 Å². The summed E-state index contributed by atoms with van der Waals surface area (Å²) in [5.74, 6) is 0. The molecule has 1 saturated heterocycles. The first-order valence-corrected chi connectivity index (χ1v) is 9.52. The molecule has 24 heavy (non-hydrogen) atoms. The lowest BCUT2D eigenvalue weighted by molar-refractivity contribution is 0.260. The van der Waals surface area contributed by atoms with E-state index < -0.39 is 0 Å². The number of nitrogens with zero attached hydrogens (tertiary/aromatic N) is 1. The van der Waals surface area contributed by atoms with E-state index in [-0.39, 0.29) is 17.6 Å². The van der Waals surface area contributed by atoms with Crippen LogP contribution in [0.5, 0.6) is 0 Å². The van der Waals surface area contributed by atoms with Crippen molar-refractivity contribution in [3.05, 3.63) is 40.9 Å². The van der Waals surface area contributed by atoms with Gasteiger partial charge in [-0.25, -0.2) is 0 Å². The van der Waals surface area contributed by atoms with E-state index >= 15 is 0 Å². The summed E-state index contributed by atoms with van der Waals surface area (Å²) in [7, 11) is 0. The first-order valence-electron chi connectivity index (χ1n) is 8.26. The van der Waals surface area contributed by atoms with E-state index in [1.165, 1.54) is 22.9 Å². The minimum absolute atomic E-state index is 0. The molecule has 2 unspecified atom stereocenters. The molecule has 1 N–H and O–H groups in total. The molecule has 2 aliphatic heterocycles. The first kappa shape index (κ1) is 19.6. The van der Waals surface area contributed by atoms with Gasteiger partial charge in [0, 0.05) is 29.4 Å². The molecule has 3 rings (SSSR count). The van der Waals surface area contributed by atoms with Crippen molar-refractivity contribution in [1.29, 1.82) is 0 Å². The molecule has 0 saturated carbocycles. The number of benzene rings is 1. The molecule has 1 amide bonds. The number of carbonyl (C=O) groups excluding carboxylic acids is 1. The van der Waals surface area contributed by atoms with Crippen LogP contribution in [0, 0.1) is 0 Å². The van der Waals surface area contributed by atoms with Crippen molar-refractivity contribution < 1.29 is 4.79 Å². The minimum Gasteiger partial charge on any atom is -0.343 e. The van der Waals surface area contributed by atoms with E-state index in [0.29, 0.717) is 11.3 Å². The summed E-state index contributed by atoms with van der Waals surface area (Å²) in [6.07, 6.45) is 5.69. The Morgan fingerprint density at radius 3 is 2.67 bits per heavy atom. The number of carbonyl (C=O) groups is 1. The number of hydrogen-bond acceptors (Lipinski definition) is 3. The Labute approximate surface area is 159 Å². The molecule has 1 fully saturated rings. The number of nitrogens with one attached hydrogen (secondary N) is 1. The zero-order chi connectivity index (χ0) is 16.2. The maximum absolute atomic E-state index is 11.3. The number of hydrogen-bond donors (Lipinski definition) is 1. The molecule has 2 atom stereocenters. The third kappa shape index (κ3) is 5.16. The van der Waals surface area contributed by atoms with Crippen LogP contribution < -0.4 is 5.32 Å². The number of amides is 1. The van der Waals surface area contributed by atoms with Crippen molar-refractivity contribution in [2.45, 2.75) is 37.5 Å². The van der Waals surface area contributed by atoms with Crippen LogP contribution in [0.1, 0.15) is 31.7 Å². The van der Waals surface area contributed by atoms with Crippen molar-refractivity contribution in [3.63, 3.8) is 0 Å². The standard InChI is InChI=1S/C18H23ClN2OS.ClH/c1-13-17(23-18(22)20-13)3-2-10-21-11-8-15(9-12-21)14-4-6-16(19)7-5-14;/h4-8,13,17H,2-3,9-12H2,1H3,(H,20,22);1H. The third-order valence-corrected chi connectivity index (χ3v) is 6.16. The van der Waals surface area contributed by atoms with Gasteiger partial charge in [-0.2, -0.15) is 0 Å². The van der Waals surface area contributed by atoms with Gasteiger partial charge in [0.05, 0.1) is 0 Å².